The first-order valence-corrected chi connectivity index (χ1v) is 8.36. The third kappa shape index (κ3) is 4.10. The van der Waals surface area contributed by atoms with Crippen molar-refractivity contribution in [2.75, 3.05) is 30.5 Å². The Morgan fingerprint density at radius 1 is 0.885 bits per heavy atom. The van der Waals surface area contributed by atoms with Crippen LogP contribution in [0, 0.1) is 0 Å². The summed E-state index contributed by atoms with van der Waals surface area (Å²) in [6, 6.07) is 18.0. The summed E-state index contributed by atoms with van der Waals surface area (Å²) in [6.45, 7) is 0.792. The van der Waals surface area contributed by atoms with Gasteiger partial charge in [-0.25, -0.2) is 4.98 Å². The minimum atomic E-state index is 0.148. The predicted octanol–water partition coefficient (Wildman–Crippen LogP) is 3.09. The second-order valence-electron chi connectivity index (χ2n) is 6.21. The van der Waals surface area contributed by atoms with E-state index in [9.17, 15) is 0 Å². The molecule has 3 aromatic rings. The largest absolute Gasteiger partial charge is 0.383 e. The lowest BCUT2D eigenvalue weighted by molar-refractivity contribution is 0.105. The van der Waals surface area contributed by atoms with Gasteiger partial charge < -0.3 is 21.1 Å². The van der Waals surface area contributed by atoms with Crippen LogP contribution < -0.4 is 16.4 Å². The molecular formula is C20H23N5O. The van der Waals surface area contributed by atoms with Crippen molar-refractivity contribution in [1.82, 2.24) is 9.97 Å². The minimum absolute atomic E-state index is 0.148. The molecular weight excluding hydrogens is 326 g/mol. The van der Waals surface area contributed by atoms with E-state index in [1.165, 1.54) is 0 Å². The summed E-state index contributed by atoms with van der Waals surface area (Å²) in [5, 5.41) is 0. The first-order chi connectivity index (χ1) is 12.5. The van der Waals surface area contributed by atoms with Crippen molar-refractivity contribution >= 4 is 17.5 Å². The number of hydrogen-bond acceptors (Lipinski definition) is 6. The number of nitrogens with two attached hydrogens (primary N) is 2. The van der Waals surface area contributed by atoms with E-state index in [1.54, 1.807) is 0 Å². The molecule has 0 aliphatic rings. The molecule has 0 unspecified atom stereocenters. The van der Waals surface area contributed by atoms with E-state index in [2.05, 4.69) is 9.97 Å². The van der Waals surface area contributed by atoms with Gasteiger partial charge >= 0.3 is 0 Å². The number of hydrogen-bond donors (Lipinski definition) is 2. The first-order valence-electron chi connectivity index (χ1n) is 8.36. The molecule has 2 aromatic carbocycles. The molecule has 0 atom stereocenters. The summed E-state index contributed by atoms with van der Waals surface area (Å²) in [4.78, 5) is 10.5. The van der Waals surface area contributed by atoms with Crippen molar-refractivity contribution in [2.24, 2.45) is 0 Å². The van der Waals surface area contributed by atoms with Crippen molar-refractivity contribution in [3.63, 3.8) is 0 Å². The molecule has 6 nitrogen and oxygen atoms in total. The molecule has 26 heavy (non-hydrogen) atoms. The average molecular weight is 349 g/mol. The Kier molecular flexibility index (Phi) is 5.34. The van der Waals surface area contributed by atoms with Gasteiger partial charge in [0.25, 0.3) is 0 Å². The third-order valence-electron chi connectivity index (χ3n) is 4.05. The minimum Gasteiger partial charge on any atom is -0.383 e. The van der Waals surface area contributed by atoms with E-state index >= 15 is 0 Å². The number of rotatable bonds is 6. The molecule has 0 aliphatic heterocycles. The number of nitrogens with zero attached hydrogens (tertiary/aromatic N) is 3. The highest BCUT2D eigenvalue weighted by Crippen LogP contribution is 2.30. The van der Waals surface area contributed by atoms with Crippen LogP contribution in [0.5, 0.6) is 0 Å². The molecule has 134 valence electrons. The van der Waals surface area contributed by atoms with Crippen LogP contribution in [0.1, 0.15) is 11.3 Å². The van der Waals surface area contributed by atoms with Gasteiger partial charge in [0.05, 0.1) is 18.9 Å². The van der Waals surface area contributed by atoms with E-state index in [0.29, 0.717) is 24.7 Å². The molecule has 0 radical (unpaired) electrons. The van der Waals surface area contributed by atoms with Crippen molar-refractivity contribution in [3.05, 3.63) is 65.9 Å². The molecule has 3 rings (SSSR count). The SMILES string of the molecule is CN(C)c1ccc(-c2c(N)nc(N)nc2COCc2ccccc2)cc1. The highest BCUT2D eigenvalue weighted by atomic mass is 16.5. The van der Waals surface area contributed by atoms with Crippen molar-refractivity contribution in [2.45, 2.75) is 13.2 Å². The van der Waals surface area contributed by atoms with Crippen LogP contribution in [0.4, 0.5) is 17.5 Å². The zero-order chi connectivity index (χ0) is 18.5. The van der Waals surface area contributed by atoms with Gasteiger partial charge in [0.15, 0.2) is 0 Å². The number of benzene rings is 2. The van der Waals surface area contributed by atoms with Gasteiger partial charge in [0.2, 0.25) is 5.95 Å². The Hall–Kier alpha value is -3.12. The Bertz CT molecular complexity index is 863. The third-order valence-corrected chi connectivity index (χ3v) is 4.05. The van der Waals surface area contributed by atoms with Crippen molar-refractivity contribution in [3.8, 4) is 11.1 Å². The molecule has 1 heterocycles. The maximum absolute atomic E-state index is 6.14. The number of anilines is 3. The summed E-state index contributed by atoms with van der Waals surface area (Å²) < 4.78 is 5.83. The Labute approximate surface area is 153 Å². The molecule has 0 saturated carbocycles. The van der Waals surface area contributed by atoms with Crippen molar-refractivity contribution in [1.29, 1.82) is 0 Å². The summed E-state index contributed by atoms with van der Waals surface area (Å²) in [7, 11) is 4.00. The van der Waals surface area contributed by atoms with Crippen LogP contribution in [-0.4, -0.2) is 24.1 Å². The standard InChI is InChI=1S/C20H23N5O/c1-25(2)16-10-8-15(9-11-16)18-17(23-20(22)24-19(18)21)13-26-12-14-6-4-3-5-7-14/h3-11H,12-13H2,1-2H3,(H4,21,22,23,24). The van der Waals surface area contributed by atoms with Gasteiger partial charge in [-0.1, -0.05) is 42.5 Å². The van der Waals surface area contributed by atoms with Crippen LogP contribution >= 0.6 is 0 Å². The van der Waals surface area contributed by atoms with Gasteiger partial charge in [0, 0.05) is 25.3 Å². The van der Waals surface area contributed by atoms with Crippen LogP contribution in [-0.2, 0) is 18.0 Å². The van der Waals surface area contributed by atoms with Gasteiger partial charge in [-0.3, -0.25) is 0 Å². The molecule has 1 aromatic heterocycles. The number of aromatic nitrogens is 2. The number of nitrogen functional groups attached to an aromatic ring is 2. The van der Waals surface area contributed by atoms with Gasteiger partial charge in [-0.2, -0.15) is 4.98 Å². The Balaban J connectivity index is 1.85. The lowest BCUT2D eigenvalue weighted by atomic mass is 10.0. The monoisotopic (exact) mass is 349 g/mol. The highest BCUT2D eigenvalue weighted by molar-refractivity contribution is 5.77. The predicted molar refractivity (Wildman–Crippen MR) is 106 cm³/mol. The highest BCUT2D eigenvalue weighted by Gasteiger charge is 2.14. The molecule has 0 fully saturated rings. The average Bonchev–Trinajstić information content (AvgIpc) is 2.62. The van der Waals surface area contributed by atoms with Crippen LogP contribution in [0.25, 0.3) is 11.1 Å². The fourth-order valence-electron chi connectivity index (χ4n) is 2.73. The van der Waals surface area contributed by atoms with Crippen molar-refractivity contribution < 1.29 is 4.74 Å². The summed E-state index contributed by atoms with van der Waals surface area (Å²) in [6.07, 6.45) is 0. The zero-order valence-electron chi connectivity index (χ0n) is 15.0. The summed E-state index contributed by atoms with van der Waals surface area (Å²) >= 11 is 0. The fourth-order valence-corrected chi connectivity index (χ4v) is 2.73. The van der Waals surface area contributed by atoms with Gasteiger partial charge in [-0.05, 0) is 23.3 Å². The van der Waals surface area contributed by atoms with Crippen LogP contribution in [0.15, 0.2) is 54.6 Å². The topological polar surface area (TPSA) is 90.3 Å². The van der Waals surface area contributed by atoms with E-state index in [0.717, 1.165) is 22.4 Å². The number of ether oxygens (including phenoxy) is 1. The van der Waals surface area contributed by atoms with E-state index in [1.807, 2.05) is 73.6 Å². The van der Waals surface area contributed by atoms with E-state index in [-0.39, 0.29) is 5.95 Å². The molecule has 0 bridgehead atoms. The molecule has 6 heteroatoms. The molecule has 0 spiro atoms. The fraction of sp³-hybridized carbons (Fsp3) is 0.200. The Morgan fingerprint density at radius 3 is 2.23 bits per heavy atom. The maximum Gasteiger partial charge on any atom is 0.222 e. The summed E-state index contributed by atoms with van der Waals surface area (Å²) in [5.74, 6) is 0.503. The lowest BCUT2D eigenvalue weighted by Crippen LogP contribution is -2.09. The Morgan fingerprint density at radius 2 is 1.58 bits per heavy atom. The quantitative estimate of drug-likeness (QED) is 0.711. The van der Waals surface area contributed by atoms with Crippen LogP contribution in [0.3, 0.4) is 0 Å². The molecule has 4 N–H and O–H groups in total. The van der Waals surface area contributed by atoms with Gasteiger partial charge in [0.1, 0.15) is 5.82 Å². The molecule has 0 saturated heterocycles. The second-order valence-corrected chi connectivity index (χ2v) is 6.21. The zero-order valence-corrected chi connectivity index (χ0v) is 15.0. The normalized spacial score (nSPS) is 10.7. The second kappa shape index (κ2) is 7.84. The molecule has 0 aliphatic carbocycles. The molecule has 0 amide bonds. The summed E-state index contributed by atoms with van der Waals surface area (Å²) in [5.41, 5.74) is 16.5. The van der Waals surface area contributed by atoms with Crippen LogP contribution in [0.2, 0.25) is 0 Å². The first kappa shape index (κ1) is 17.7. The van der Waals surface area contributed by atoms with Gasteiger partial charge in [-0.15, -0.1) is 0 Å². The maximum atomic E-state index is 6.14. The van der Waals surface area contributed by atoms with E-state index < -0.39 is 0 Å². The lowest BCUT2D eigenvalue weighted by Gasteiger charge is -2.15. The smallest absolute Gasteiger partial charge is 0.222 e. The van der Waals surface area contributed by atoms with E-state index in [4.69, 9.17) is 16.2 Å².